The quantitative estimate of drug-likeness (QED) is 0.539. The van der Waals surface area contributed by atoms with Crippen molar-refractivity contribution >= 4 is 22.6 Å². The van der Waals surface area contributed by atoms with Crippen molar-refractivity contribution in [1.82, 2.24) is 9.55 Å². The monoisotopic (exact) mass is 407 g/mol. The Bertz CT molecular complexity index is 1350. The number of carbonyl (C=O) groups is 1. The van der Waals surface area contributed by atoms with Crippen molar-refractivity contribution in [3.63, 3.8) is 0 Å². The molecule has 2 aromatic carbocycles. The number of nitrogens with zero attached hydrogens (tertiary/aromatic N) is 2. The third kappa shape index (κ3) is 3.28. The first-order valence-electron chi connectivity index (χ1n) is 8.93. The Morgan fingerprint density at radius 2 is 1.83 bits per heavy atom. The molecule has 0 unspecified atom stereocenters. The van der Waals surface area contributed by atoms with E-state index in [-0.39, 0.29) is 22.4 Å². The van der Waals surface area contributed by atoms with Crippen molar-refractivity contribution in [2.45, 2.75) is 6.92 Å². The van der Waals surface area contributed by atoms with Crippen LogP contribution in [0.3, 0.4) is 0 Å². The number of halogens is 2. The highest BCUT2D eigenvalue weighted by atomic mass is 19.1. The number of anilines is 1. The van der Waals surface area contributed by atoms with Crippen LogP contribution in [0.15, 0.2) is 65.6 Å². The number of rotatable bonds is 3. The molecule has 30 heavy (non-hydrogen) atoms. The Kier molecular flexibility index (Phi) is 4.75. The first-order valence-corrected chi connectivity index (χ1v) is 8.93. The second-order valence-electron chi connectivity index (χ2n) is 6.63. The third-order valence-corrected chi connectivity index (χ3v) is 4.65. The van der Waals surface area contributed by atoms with Crippen molar-refractivity contribution in [2.75, 3.05) is 5.32 Å². The Hall–Kier alpha value is -4.07. The molecule has 6 nitrogen and oxygen atoms in total. The van der Waals surface area contributed by atoms with Gasteiger partial charge in [-0.05, 0) is 61.0 Å². The van der Waals surface area contributed by atoms with E-state index in [1.807, 2.05) is 0 Å². The van der Waals surface area contributed by atoms with E-state index in [9.17, 15) is 23.5 Å². The summed E-state index contributed by atoms with van der Waals surface area (Å²) >= 11 is 0. The Morgan fingerprint density at radius 3 is 2.53 bits per heavy atom. The van der Waals surface area contributed by atoms with Crippen LogP contribution in [0.2, 0.25) is 0 Å². The van der Waals surface area contributed by atoms with Gasteiger partial charge in [0.2, 0.25) is 0 Å². The number of amides is 1. The van der Waals surface area contributed by atoms with Crippen LogP contribution in [0, 0.1) is 18.6 Å². The SMILES string of the molecule is Cc1ccc(NC(=O)c2c(O)c3cccnc3n(-c3ccc(F)cc3)c2=O)cc1F. The smallest absolute Gasteiger partial charge is 0.273 e. The number of nitrogens with one attached hydrogen (secondary N) is 1. The van der Waals surface area contributed by atoms with Crippen molar-refractivity contribution in [2.24, 2.45) is 0 Å². The van der Waals surface area contributed by atoms with Crippen molar-refractivity contribution in [3.8, 4) is 11.4 Å². The summed E-state index contributed by atoms with van der Waals surface area (Å²) < 4.78 is 28.3. The fraction of sp³-hybridized carbons (Fsp3) is 0.0455. The molecule has 1 amide bonds. The molecule has 0 saturated carbocycles. The summed E-state index contributed by atoms with van der Waals surface area (Å²) in [5, 5.41) is 13.2. The summed E-state index contributed by atoms with van der Waals surface area (Å²) in [4.78, 5) is 30.2. The molecule has 0 aliphatic heterocycles. The highest BCUT2D eigenvalue weighted by molar-refractivity contribution is 6.09. The standard InChI is InChI=1S/C22H15F2N3O3/c1-12-4-7-14(11-17(12)24)26-21(29)18-19(28)16-3-2-10-25-20(16)27(22(18)30)15-8-5-13(23)6-9-15/h2-11,28H,1H3,(H,26,29). The number of hydrogen-bond acceptors (Lipinski definition) is 4. The zero-order valence-electron chi connectivity index (χ0n) is 15.7. The number of aromatic hydroxyl groups is 1. The van der Waals surface area contributed by atoms with E-state index in [1.54, 1.807) is 13.0 Å². The van der Waals surface area contributed by atoms with Gasteiger partial charge in [0.15, 0.2) is 5.65 Å². The predicted octanol–water partition coefficient (Wildman–Crippen LogP) is 3.93. The maximum atomic E-state index is 13.8. The summed E-state index contributed by atoms with van der Waals surface area (Å²) in [6, 6.07) is 12.2. The zero-order valence-corrected chi connectivity index (χ0v) is 15.7. The fourth-order valence-electron chi connectivity index (χ4n) is 3.10. The fourth-order valence-corrected chi connectivity index (χ4v) is 3.10. The minimum Gasteiger partial charge on any atom is -0.506 e. The van der Waals surface area contributed by atoms with Gasteiger partial charge in [0.05, 0.1) is 11.1 Å². The number of aryl methyl sites for hydroxylation is 1. The summed E-state index contributed by atoms with van der Waals surface area (Å²) in [6.07, 6.45) is 1.43. The van der Waals surface area contributed by atoms with Crippen LogP contribution in [0.1, 0.15) is 15.9 Å². The number of pyridine rings is 2. The minimum atomic E-state index is -0.914. The van der Waals surface area contributed by atoms with Crippen LogP contribution in [-0.4, -0.2) is 20.6 Å². The van der Waals surface area contributed by atoms with Gasteiger partial charge in [-0.1, -0.05) is 6.07 Å². The van der Waals surface area contributed by atoms with E-state index < -0.39 is 34.4 Å². The average molecular weight is 407 g/mol. The van der Waals surface area contributed by atoms with E-state index in [4.69, 9.17) is 0 Å². The molecule has 2 heterocycles. The predicted molar refractivity (Wildman–Crippen MR) is 108 cm³/mol. The lowest BCUT2D eigenvalue weighted by Gasteiger charge is -2.14. The number of hydrogen-bond donors (Lipinski definition) is 2. The zero-order chi connectivity index (χ0) is 21.4. The number of aromatic nitrogens is 2. The first kappa shape index (κ1) is 19.3. The summed E-state index contributed by atoms with van der Waals surface area (Å²) in [5.41, 5.74) is -0.505. The van der Waals surface area contributed by atoms with Crippen LogP contribution in [0.5, 0.6) is 5.75 Å². The van der Waals surface area contributed by atoms with Crippen LogP contribution in [-0.2, 0) is 0 Å². The molecular weight excluding hydrogens is 392 g/mol. The van der Waals surface area contributed by atoms with Crippen molar-refractivity contribution in [3.05, 3.63) is 93.9 Å². The first-order chi connectivity index (χ1) is 14.4. The minimum absolute atomic E-state index is 0.101. The average Bonchev–Trinajstić information content (AvgIpc) is 2.72. The van der Waals surface area contributed by atoms with E-state index in [0.717, 1.165) is 22.8 Å². The van der Waals surface area contributed by atoms with Gasteiger partial charge in [0, 0.05) is 11.9 Å². The van der Waals surface area contributed by atoms with Crippen LogP contribution < -0.4 is 10.9 Å². The second-order valence-corrected chi connectivity index (χ2v) is 6.63. The van der Waals surface area contributed by atoms with Gasteiger partial charge >= 0.3 is 0 Å². The third-order valence-electron chi connectivity index (χ3n) is 4.65. The number of carbonyl (C=O) groups excluding carboxylic acids is 1. The lowest BCUT2D eigenvalue weighted by Crippen LogP contribution is -2.29. The lowest BCUT2D eigenvalue weighted by atomic mass is 10.1. The van der Waals surface area contributed by atoms with E-state index in [1.165, 1.54) is 36.5 Å². The highest BCUT2D eigenvalue weighted by Gasteiger charge is 2.24. The van der Waals surface area contributed by atoms with E-state index >= 15 is 0 Å². The number of fused-ring (bicyclic) bond motifs is 1. The maximum Gasteiger partial charge on any atom is 0.273 e. The van der Waals surface area contributed by atoms with Gasteiger partial charge in [0.25, 0.3) is 11.5 Å². The Morgan fingerprint density at radius 1 is 1.10 bits per heavy atom. The van der Waals surface area contributed by atoms with Crippen molar-refractivity contribution < 1.29 is 18.7 Å². The molecule has 150 valence electrons. The molecule has 0 fully saturated rings. The molecule has 0 aliphatic carbocycles. The van der Waals surface area contributed by atoms with Crippen LogP contribution >= 0.6 is 0 Å². The molecule has 0 radical (unpaired) electrons. The van der Waals surface area contributed by atoms with Crippen LogP contribution in [0.4, 0.5) is 14.5 Å². The van der Waals surface area contributed by atoms with E-state index in [0.29, 0.717) is 5.56 Å². The van der Waals surface area contributed by atoms with E-state index in [2.05, 4.69) is 10.3 Å². The van der Waals surface area contributed by atoms with Gasteiger partial charge in [-0.25, -0.2) is 13.8 Å². The summed E-state index contributed by atoms with van der Waals surface area (Å²) in [6.45, 7) is 1.57. The van der Waals surface area contributed by atoms with Gasteiger partial charge in [-0.3, -0.25) is 14.2 Å². The maximum absolute atomic E-state index is 13.8. The van der Waals surface area contributed by atoms with Gasteiger partial charge in [-0.15, -0.1) is 0 Å². The molecule has 4 aromatic rings. The molecule has 2 aromatic heterocycles. The molecule has 2 N–H and O–H groups in total. The highest BCUT2D eigenvalue weighted by Crippen LogP contribution is 2.27. The molecule has 0 saturated heterocycles. The van der Waals surface area contributed by atoms with Crippen LogP contribution in [0.25, 0.3) is 16.7 Å². The molecule has 0 bridgehead atoms. The lowest BCUT2D eigenvalue weighted by molar-refractivity contribution is 0.102. The summed E-state index contributed by atoms with van der Waals surface area (Å²) in [7, 11) is 0. The van der Waals surface area contributed by atoms with Gasteiger partial charge in [-0.2, -0.15) is 0 Å². The molecule has 8 heteroatoms. The molecule has 0 atom stereocenters. The Labute approximate surface area is 169 Å². The van der Waals surface area contributed by atoms with Crippen molar-refractivity contribution in [1.29, 1.82) is 0 Å². The van der Waals surface area contributed by atoms with Gasteiger partial charge < -0.3 is 10.4 Å². The summed E-state index contributed by atoms with van der Waals surface area (Å²) in [5.74, 6) is -2.49. The molecule has 0 spiro atoms. The van der Waals surface area contributed by atoms with Gasteiger partial charge in [0.1, 0.15) is 22.9 Å². The molecular formula is C22H15F2N3O3. The second kappa shape index (κ2) is 7.40. The topological polar surface area (TPSA) is 84.2 Å². The normalized spacial score (nSPS) is 10.9. The molecule has 4 rings (SSSR count). The molecule has 0 aliphatic rings. The largest absolute Gasteiger partial charge is 0.506 e. The number of benzene rings is 2. The Balaban J connectivity index is 1.91.